The lowest BCUT2D eigenvalue weighted by Crippen LogP contribution is -2.27. The van der Waals surface area contributed by atoms with Gasteiger partial charge in [-0.25, -0.2) is 0 Å². The molecule has 0 aliphatic heterocycles. The Morgan fingerprint density at radius 1 is 0.917 bits per heavy atom. The molecule has 0 spiro atoms. The van der Waals surface area contributed by atoms with E-state index >= 15 is 0 Å². The van der Waals surface area contributed by atoms with E-state index in [0.717, 1.165) is 5.56 Å². The van der Waals surface area contributed by atoms with Crippen LogP contribution in [0.1, 0.15) is 34.0 Å². The van der Waals surface area contributed by atoms with Crippen LogP contribution < -0.4 is 5.43 Å². The lowest BCUT2D eigenvalue weighted by atomic mass is 9.81. The number of aromatic nitrogens is 1. The van der Waals surface area contributed by atoms with Crippen LogP contribution in [0, 0.1) is 0 Å². The van der Waals surface area contributed by atoms with Crippen LogP contribution in [-0.4, -0.2) is 10.8 Å². The van der Waals surface area contributed by atoms with E-state index in [0.29, 0.717) is 39.5 Å². The second-order valence-corrected chi connectivity index (χ2v) is 6.95. The molecule has 0 bridgehead atoms. The van der Waals surface area contributed by atoms with Gasteiger partial charge in [-0.3, -0.25) is 9.59 Å². The molecule has 1 atom stereocenters. The summed E-state index contributed by atoms with van der Waals surface area (Å²) in [4.78, 5) is 28.5. The number of nitrogens with one attached hydrogen (secondary N) is 1. The Morgan fingerprint density at radius 2 is 1.62 bits per heavy atom. The molecule has 1 aromatic heterocycles. The molecule has 0 amide bonds. The third-order valence-corrected chi connectivity index (χ3v) is 5.03. The highest BCUT2D eigenvalue weighted by Gasteiger charge is 2.29. The number of carbonyl (C=O) groups is 1. The SMILES string of the molecule is O=C1CC(c2ccc(Cl)cc2)Cc2[nH]c3cc(Cl)ccc3c(=O)c21. The first-order chi connectivity index (χ1) is 11.5. The van der Waals surface area contributed by atoms with Gasteiger partial charge in [0, 0.05) is 27.5 Å². The Balaban J connectivity index is 1.85. The van der Waals surface area contributed by atoms with Crippen molar-refractivity contribution < 1.29 is 4.79 Å². The van der Waals surface area contributed by atoms with Crippen LogP contribution in [0.3, 0.4) is 0 Å². The Hall–Kier alpha value is -2.10. The number of pyridine rings is 1. The zero-order chi connectivity index (χ0) is 16.8. The first-order valence-corrected chi connectivity index (χ1v) is 8.41. The van der Waals surface area contributed by atoms with Crippen molar-refractivity contribution >= 4 is 39.9 Å². The molecule has 3 aromatic rings. The van der Waals surface area contributed by atoms with E-state index in [2.05, 4.69) is 4.98 Å². The summed E-state index contributed by atoms with van der Waals surface area (Å²) in [5.74, 6) is -0.0798. The Kier molecular flexibility index (Phi) is 3.70. The molecular formula is C19H13Cl2NO2. The molecule has 0 saturated heterocycles. The van der Waals surface area contributed by atoms with Crippen molar-refractivity contribution in [2.75, 3.05) is 0 Å². The molecule has 3 nitrogen and oxygen atoms in total. The molecule has 1 heterocycles. The van der Waals surface area contributed by atoms with Crippen molar-refractivity contribution in [1.29, 1.82) is 0 Å². The van der Waals surface area contributed by atoms with Crippen molar-refractivity contribution in [2.24, 2.45) is 0 Å². The highest BCUT2D eigenvalue weighted by molar-refractivity contribution is 6.31. The van der Waals surface area contributed by atoms with Crippen LogP contribution in [0.15, 0.2) is 47.3 Å². The number of Topliss-reactive ketones (excluding diaryl/α,β-unsaturated/α-hetero) is 1. The summed E-state index contributed by atoms with van der Waals surface area (Å²) in [5, 5.41) is 1.71. The van der Waals surface area contributed by atoms with Gasteiger partial charge in [0.15, 0.2) is 11.2 Å². The van der Waals surface area contributed by atoms with E-state index in [-0.39, 0.29) is 22.7 Å². The summed E-state index contributed by atoms with van der Waals surface area (Å²) in [6.45, 7) is 0. The Labute approximate surface area is 148 Å². The summed E-state index contributed by atoms with van der Waals surface area (Å²) in [6.07, 6.45) is 0.942. The van der Waals surface area contributed by atoms with Gasteiger partial charge in [0.05, 0.1) is 11.1 Å². The zero-order valence-corrected chi connectivity index (χ0v) is 14.1. The number of hydrogen-bond donors (Lipinski definition) is 1. The van der Waals surface area contributed by atoms with Crippen molar-refractivity contribution in [3.05, 3.63) is 79.6 Å². The van der Waals surface area contributed by atoms with Gasteiger partial charge in [-0.05, 0) is 48.2 Å². The smallest absolute Gasteiger partial charge is 0.200 e. The summed E-state index contributed by atoms with van der Waals surface area (Å²) in [5.41, 5.74) is 2.47. The molecule has 1 aliphatic carbocycles. The number of ketones is 1. The monoisotopic (exact) mass is 357 g/mol. The number of rotatable bonds is 1. The molecule has 24 heavy (non-hydrogen) atoms. The molecule has 4 rings (SSSR count). The van der Waals surface area contributed by atoms with Crippen LogP contribution in [0.4, 0.5) is 0 Å². The molecule has 120 valence electrons. The first kappa shape index (κ1) is 15.4. The minimum atomic E-state index is -0.213. The van der Waals surface area contributed by atoms with Gasteiger partial charge in [0.25, 0.3) is 0 Å². The number of benzene rings is 2. The Bertz CT molecular complexity index is 1020. The third kappa shape index (κ3) is 2.54. The van der Waals surface area contributed by atoms with Gasteiger partial charge in [0.2, 0.25) is 0 Å². The van der Waals surface area contributed by atoms with Gasteiger partial charge in [0.1, 0.15) is 0 Å². The molecule has 2 aromatic carbocycles. The van der Waals surface area contributed by atoms with Gasteiger partial charge in [-0.2, -0.15) is 0 Å². The second-order valence-electron chi connectivity index (χ2n) is 6.08. The minimum absolute atomic E-state index is 0.0366. The highest BCUT2D eigenvalue weighted by Crippen LogP contribution is 2.32. The second kappa shape index (κ2) is 5.76. The number of carbonyl (C=O) groups excluding carboxylic acids is 1. The van der Waals surface area contributed by atoms with E-state index in [4.69, 9.17) is 23.2 Å². The molecular weight excluding hydrogens is 345 g/mol. The average molecular weight is 358 g/mol. The minimum Gasteiger partial charge on any atom is -0.358 e. The molecule has 0 saturated carbocycles. The molecule has 1 N–H and O–H groups in total. The summed E-state index contributed by atoms with van der Waals surface area (Å²) in [6, 6.07) is 12.5. The van der Waals surface area contributed by atoms with Crippen molar-refractivity contribution in [3.63, 3.8) is 0 Å². The van der Waals surface area contributed by atoms with Crippen LogP contribution in [0.25, 0.3) is 10.9 Å². The van der Waals surface area contributed by atoms with Gasteiger partial charge in [-0.1, -0.05) is 35.3 Å². The van der Waals surface area contributed by atoms with E-state index in [1.807, 2.05) is 24.3 Å². The largest absolute Gasteiger partial charge is 0.358 e. The average Bonchev–Trinajstić information content (AvgIpc) is 2.54. The number of fused-ring (bicyclic) bond motifs is 2. The number of H-pyrrole nitrogens is 1. The van der Waals surface area contributed by atoms with Crippen LogP contribution >= 0.6 is 23.2 Å². The standard InChI is InChI=1S/C19H13Cl2NO2/c20-12-3-1-10(2-4-12)11-7-16-18(17(23)8-11)19(24)14-6-5-13(21)9-15(14)22-16/h1-6,9,11H,7-8H2,(H,22,24). The quantitative estimate of drug-likeness (QED) is 0.683. The maximum absolute atomic E-state index is 12.7. The maximum Gasteiger partial charge on any atom is 0.200 e. The predicted molar refractivity (Wildman–Crippen MR) is 96.4 cm³/mol. The van der Waals surface area contributed by atoms with Gasteiger partial charge >= 0.3 is 0 Å². The van der Waals surface area contributed by atoms with E-state index in [1.165, 1.54) is 0 Å². The normalized spacial score (nSPS) is 17.1. The van der Waals surface area contributed by atoms with E-state index in [9.17, 15) is 9.59 Å². The van der Waals surface area contributed by atoms with E-state index < -0.39 is 0 Å². The topological polar surface area (TPSA) is 49.9 Å². The summed E-state index contributed by atoms with van der Waals surface area (Å²) < 4.78 is 0. The lowest BCUT2D eigenvalue weighted by Gasteiger charge is -2.24. The fraction of sp³-hybridized carbons (Fsp3) is 0.158. The van der Waals surface area contributed by atoms with Crippen LogP contribution in [0.5, 0.6) is 0 Å². The number of halogens is 2. The summed E-state index contributed by atoms with van der Waals surface area (Å²) in [7, 11) is 0. The fourth-order valence-electron chi connectivity index (χ4n) is 3.38. The van der Waals surface area contributed by atoms with Gasteiger partial charge < -0.3 is 4.98 Å². The lowest BCUT2D eigenvalue weighted by molar-refractivity contribution is 0.0962. The number of aromatic amines is 1. The molecule has 0 fully saturated rings. The van der Waals surface area contributed by atoms with Crippen molar-refractivity contribution in [1.82, 2.24) is 4.98 Å². The third-order valence-electron chi connectivity index (χ3n) is 4.54. The van der Waals surface area contributed by atoms with Crippen molar-refractivity contribution in [3.8, 4) is 0 Å². The van der Waals surface area contributed by atoms with E-state index in [1.54, 1.807) is 18.2 Å². The first-order valence-electron chi connectivity index (χ1n) is 7.66. The van der Waals surface area contributed by atoms with Crippen LogP contribution in [0.2, 0.25) is 10.0 Å². The Morgan fingerprint density at radius 3 is 2.38 bits per heavy atom. The van der Waals surface area contributed by atoms with Crippen LogP contribution in [-0.2, 0) is 6.42 Å². The maximum atomic E-state index is 12.7. The van der Waals surface area contributed by atoms with Crippen molar-refractivity contribution in [2.45, 2.75) is 18.8 Å². The molecule has 1 unspecified atom stereocenters. The zero-order valence-electron chi connectivity index (χ0n) is 12.6. The number of hydrogen-bond acceptors (Lipinski definition) is 2. The fourth-order valence-corrected chi connectivity index (χ4v) is 3.68. The van der Waals surface area contributed by atoms with Gasteiger partial charge in [-0.15, -0.1) is 0 Å². The highest BCUT2D eigenvalue weighted by atomic mass is 35.5. The summed E-state index contributed by atoms with van der Waals surface area (Å²) >= 11 is 12.0. The molecule has 1 aliphatic rings. The molecule has 5 heteroatoms. The predicted octanol–water partition coefficient (Wildman–Crippen LogP) is 4.75. The molecule has 0 radical (unpaired) electrons.